The third kappa shape index (κ3) is 4.46. The zero-order valence-corrected chi connectivity index (χ0v) is 19.8. The highest BCUT2D eigenvalue weighted by molar-refractivity contribution is 6.04. The molecule has 5 rings (SSSR count). The number of aromatic nitrogens is 3. The van der Waals surface area contributed by atoms with E-state index in [-0.39, 0.29) is 18.0 Å². The average Bonchev–Trinajstić information content (AvgIpc) is 3.41. The van der Waals surface area contributed by atoms with Crippen molar-refractivity contribution < 1.29 is 9.59 Å². The number of nitrogens with zero attached hydrogens (tertiary/aromatic N) is 6. The van der Waals surface area contributed by atoms with Crippen LogP contribution in [0.3, 0.4) is 0 Å². The second kappa shape index (κ2) is 9.57. The summed E-state index contributed by atoms with van der Waals surface area (Å²) in [5.41, 5.74) is 2.67. The molecule has 180 valence electrons. The lowest BCUT2D eigenvalue weighted by Gasteiger charge is -2.45. The summed E-state index contributed by atoms with van der Waals surface area (Å²) in [5.74, 6) is 0.957. The molecule has 1 aliphatic heterocycles. The largest absolute Gasteiger partial charge is 0.343 e. The third-order valence-electron chi connectivity index (χ3n) is 6.41. The predicted octanol–water partition coefficient (Wildman–Crippen LogP) is 4.42. The van der Waals surface area contributed by atoms with E-state index in [4.69, 9.17) is 4.98 Å². The van der Waals surface area contributed by atoms with Gasteiger partial charge in [-0.2, -0.15) is 4.98 Å². The van der Waals surface area contributed by atoms with Gasteiger partial charge in [0.1, 0.15) is 5.69 Å². The lowest BCUT2D eigenvalue weighted by atomic mass is 10.2. The van der Waals surface area contributed by atoms with Crippen LogP contribution < -0.4 is 20.5 Å². The fourth-order valence-electron chi connectivity index (χ4n) is 4.59. The van der Waals surface area contributed by atoms with E-state index in [2.05, 4.69) is 25.6 Å². The van der Waals surface area contributed by atoms with Gasteiger partial charge in [0.25, 0.3) is 5.91 Å². The molecule has 2 N–H and O–H groups in total. The van der Waals surface area contributed by atoms with Gasteiger partial charge in [-0.1, -0.05) is 12.8 Å². The number of hydrazine groups is 1. The van der Waals surface area contributed by atoms with Crippen LogP contribution in [0.4, 0.5) is 33.6 Å². The average molecular weight is 473 g/mol. The summed E-state index contributed by atoms with van der Waals surface area (Å²) in [4.78, 5) is 40.3. The van der Waals surface area contributed by atoms with E-state index in [1.165, 1.54) is 0 Å². The predicted molar refractivity (Wildman–Crippen MR) is 135 cm³/mol. The number of fused-ring (bicyclic) bond motifs is 1. The summed E-state index contributed by atoms with van der Waals surface area (Å²) < 4.78 is 0. The second-order valence-corrected chi connectivity index (χ2v) is 8.64. The summed E-state index contributed by atoms with van der Waals surface area (Å²) in [6.45, 7) is 2.54. The number of benzene rings is 1. The Morgan fingerprint density at radius 2 is 1.77 bits per heavy atom. The topological polar surface area (TPSA) is 107 Å². The summed E-state index contributed by atoms with van der Waals surface area (Å²) in [5, 5.41) is 9.90. The number of urea groups is 1. The van der Waals surface area contributed by atoms with E-state index in [9.17, 15) is 9.59 Å². The van der Waals surface area contributed by atoms with Crippen LogP contribution in [0.15, 0.2) is 55.0 Å². The lowest BCUT2D eigenvalue weighted by Crippen LogP contribution is -2.59. The van der Waals surface area contributed by atoms with E-state index in [1.807, 2.05) is 19.1 Å². The van der Waals surface area contributed by atoms with E-state index >= 15 is 0 Å². The highest BCUT2D eigenvalue weighted by Crippen LogP contribution is 2.38. The van der Waals surface area contributed by atoms with Crippen LogP contribution >= 0.6 is 0 Å². The minimum absolute atomic E-state index is 0.0724. The number of carbonyl (C=O) groups excluding carboxylic acids is 2. The molecule has 10 nitrogen and oxygen atoms in total. The Balaban J connectivity index is 1.36. The number of rotatable bonds is 6. The standard InChI is InChI=1S/C25H28N8O2/c1-3-32-25(35)31(2)21-16-27-24(30-22(21)33(32)20-6-4-5-7-20)29-18-10-8-17(9-11-18)23(34)28-19-12-14-26-15-13-19/h8-16,20H,3-7H2,1-2H3,(H,26,28,34)(H,27,29,30). The summed E-state index contributed by atoms with van der Waals surface area (Å²) >= 11 is 0. The lowest BCUT2D eigenvalue weighted by molar-refractivity contribution is 0.102. The molecule has 0 bridgehead atoms. The van der Waals surface area contributed by atoms with Crippen molar-refractivity contribution in [3.05, 3.63) is 60.6 Å². The number of pyridine rings is 1. The van der Waals surface area contributed by atoms with Gasteiger partial charge in [-0.05, 0) is 56.2 Å². The Bertz CT molecular complexity index is 1210. The Hall–Kier alpha value is -4.21. The van der Waals surface area contributed by atoms with Crippen LogP contribution in [0.1, 0.15) is 43.0 Å². The normalized spacial score (nSPS) is 15.8. The van der Waals surface area contributed by atoms with Gasteiger partial charge in [-0.15, -0.1) is 0 Å². The van der Waals surface area contributed by atoms with Crippen molar-refractivity contribution in [2.45, 2.75) is 38.6 Å². The molecule has 2 aliphatic rings. The van der Waals surface area contributed by atoms with Gasteiger partial charge in [-0.25, -0.2) is 14.8 Å². The van der Waals surface area contributed by atoms with Crippen molar-refractivity contribution in [1.29, 1.82) is 0 Å². The maximum atomic E-state index is 13.0. The molecule has 1 aromatic carbocycles. The minimum atomic E-state index is -0.202. The number of hydrogen-bond donors (Lipinski definition) is 2. The van der Waals surface area contributed by atoms with Gasteiger partial charge in [0.15, 0.2) is 5.82 Å². The molecule has 0 radical (unpaired) electrons. The monoisotopic (exact) mass is 472 g/mol. The fourth-order valence-corrected chi connectivity index (χ4v) is 4.59. The third-order valence-corrected chi connectivity index (χ3v) is 6.41. The molecule has 3 aromatic rings. The maximum Gasteiger partial charge on any atom is 0.343 e. The van der Waals surface area contributed by atoms with Gasteiger partial charge in [0.05, 0.1) is 12.2 Å². The molecule has 3 amide bonds. The molecule has 1 fully saturated rings. The Kier molecular flexibility index (Phi) is 6.17. The molecule has 10 heteroatoms. The van der Waals surface area contributed by atoms with Crippen molar-refractivity contribution >= 4 is 40.8 Å². The molecule has 2 aromatic heterocycles. The van der Waals surface area contributed by atoms with E-state index in [0.717, 1.165) is 37.2 Å². The highest BCUT2D eigenvalue weighted by Gasteiger charge is 2.39. The van der Waals surface area contributed by atoms with Crippen LogP contribution in [0, 0.1) is 0 Å². The quantitative estimate of drug-likeness (QED) is 0.547. The molecule has 35 heavy (non-hydrogen) atoms. The van der Waals surface area contributed by atoms with Crippen molar-refractivity contribution in [2.75, 3.05) is 34.1 Å². The smallest absolute Gasteiger partial charge is 0.324 e. The number of hydrogen-bond acceptors (Lipinski definition) is 7. The van der Waals surface area contributed by atoms with E-state index in [0.29, 0.717) is 29.4 Å². The molecule has 1 saturated carbocycles. The summed E-state index contributed by atoms with van der Waals surface area (Å²) in [7, 11) is 1.75. The molecule has 0 unspecified atom stereocenters. The molecule has 0 atom stereocenters. The summed E-state index contributed by atoms with van der Waals surface area (Å²) in [6, 6.07) is 10.8. The fraction of sp³-hybridized carbons (Fsp3) is 0.320. The van der Waals surface area contributed by atoms with E-state index < -0.39 is 0 Å². The second-order valence-electron chi connectivity index (χ2n) is 8.64. The first kappa shape index (κ1) is 22.6. The van der Waals surface area contributed by atoms with Gasteiger partial charge in [0, 0.05) is 42.9 Å². The summed E-state index contributed by atoms with van der Waals surface area (Å²) in [6.07, 6.45) is 9.30. The van der Waals surface area contributed by atoms with Gasteiger partial charge < -0.3 is 10.6 Å². The van der Waals surface area contributed by atoms with Gasteiger partial charge >= 0.3 is 6.03 Å². The molecular weight excluding hydrogens is 444 g/mol. The molecule has 0 saturated heterocycles. The zero-order valence-electron chi connectivity index (χ0n) is 19.8. The Morgan fingerprint density at radius 3 is 2.46 bits per heavy atom. The van der Waals surface area contributed by atoms with Crippen molar-refractivity contribution in [3.63, 3.8) is 0 Å². The van der Waals surface area contributed by atoms with Gasteiger partial charge in [-0.3, -0.25) is 19.7 Å². The van der Waals surface area contributed by atoms with Crippen molar-refractivity contribution in [3.8, 4) is 0 Å². The van der Waals surface area contributed by atoms with Crippen LogP contribution in [0.25, 0.3) is 0 Å². The Morgan fingerprint density at radius 1 is 1.06 bits per heavy atom. The molecule has 3 heterocycles. The van der Waals surface area contributed by atoms with Crippen LogP contribution in [-0.2, 0) is 0 Å². The maximum absolute atomic E-state index is 13.0. The van der Waals surface area contributed by atoms with Crippen molar-refractivity contribution in [1.82, 2.24) is 20.0 Å². The van der Waals surface area contributed by atoms with Crippen LogP contribution in [0.5, 0.6) is 0 Å². The van der Waals surface area contributed by atoms with Crippen molar-refractivity contribution in [2.24, 2.45) is 0 Å². The number of carbonyl (C=O) groups is 2. The molecular formula is C25H28N8O2. The Labute approximate surface area is 204 Å². The number of nitrogens with one attached hydrogen (secondary N) is 2. The minimum Gasteiger partial charge on any atom is -0.324 e. The highest BCUT2D eigenvalue weighted by atomic mass is 16.2. The molecule has 0 spiro atoms. The SMILES string of the molecule is CCN1C(=O)N(C)c2cnc(Nc3ccc(C(=O)Nc4ccncc4)cc3)nc2N1C1CCCC1. The first-order valence-corrected chi connectivity index (χ1v) is 11.8. The number of anilines is 5. The molecule has 1 aliphatic carbocycles. The van der Waals surface area contributed by atoms with E-state index in [1.54, 1.807) is 59.8 Å². The van der Waals surface area contributed by atoms with Crippen LogP contribution in [0.2, 0.25) is 0 Å². The first-order valence-electron chi connectivity index (χ1n) is 11.8. The number of amides is 3. The first-order chi connectivity index (χ1) is 17.0. The zero-order chi connectivity index (χ0) is 24.4. The van der Waals surface area contributed by atoms with Gasteiger partial charge in [0.2, 0.25) is 5.95 Å². The van der Waals surface area contributed by atoms with Crippen LogP contribution in [-0.4, -0.2) is 51.5 Å².